The third-order valence-corrected chi connectivity index (χ3v) is 4.00. The van der Waals surface area contributed by atoms with Crippen LogP contribution in [0.1, 0.15) is 0 Å². The molecular weight excluding hydrogens is 342 g/mol. The van der Waals surface area contributed by atoms with Crippen LogP contribution in [-0.4, -0.2) is 22.4 Å². The SMILES string of the molecule is O=C(COc1ccc([N+](=O)[O-])cc1)Nc1nc(-c2ccccc2)cs1. The second kappa shape index (κ2) is 7.54. The Morgan fingerprint density at radius 2 is 1.88 bits per heavy atom. The number of ether oxygens (including phenoxy) is 1. The number of amides is 1. The first-order valence-corrected chi connectivity index (χ1v) is 8.18. The van der Waals surface area contributed by atoms with E-state index in [0.29, 0.717) is 10.9 Å². The van der Waals surface area contributed by atoms with Crippen LogP contribution in [-0.2, 0) is 4.79 Å². The van der Waals surface area contributed by atoms with E-state index in [9.17, 15) is 14.9 Å². The number of carbonyl (C=O) groups is 1. The van der Waals surface area contributed by atoms with Gasteiger partial charge < -0.3 is 4.74 Å². The van der Waals surface area contributed by atoms with Crippen LogP contribution in [0.25, 0.3) is 11.3 Å². The number of rotatable bonds is 6. The number of hydrogen-bond acceptors (Lipinski definition) is 6. The van der Waals surface area contributed by atoms with Crippen molar-refractivity contribution in [2.75, 3.05) is 11.9 Å². The van der Waals surface area contributed by atoms with Gasteiger partial charge in [-0.15, -0.1) is 11.3 Å². The molecular formula is C17H13N3O4S. The van der Waals surface area contributed by atoms with Crippen LogP contribution in [0.15, 0.2) is 60.0 Å². The van der Waals surface area contributed by atoms with Gasteiger partial charge in [0.2, 0.25) is 0 Å². The first kappa shape index (κ1) is 16.6. The molecule has 0 unspecified atom stereocenters. The molecule has 126 valence electrons. The maximum atomic E-state index is 11.9. The molecule has 0 atom stereocenters. The highest BCUT2D eigenvalue weighted by atomic mass is 32.1. The van der Waals surface area contributed by atoms with Gasteiger partial charge in [0.15, 0.2) is 11.7 Å². The number of benzene rings is 2. The van der Waals surface area contributed by atoms with Crippen LogP contribution < -0.4 is 10.1 Å². The number of anilines is 1. The molecule has 0 saturated heterocycles. The fourth-order valence-corrected chi connectivity index (χ4v) is 2.78. The molecule has 3 aromatic rings. The fraction of sp³-hybridized carbons (Fsp3) is 0.0588. The van der Waals surface area contributed by atoms with Crippen LogP contribution in [0, 0.1) is 10.1 Å². The molecule has 0 saturated carbocycles. The quantitative estimate of drug-likeness (QED) is 0.537. The molecule has 1 aromatic heterocycles. The Bertz CT molecular complexity index is 878. The molecule has 0 fully saturated rings. The summed E-state index contributed by atoms with van der Waals surface area (Å²) in [4.78, 5) is 26.4. The Kier molecular flexibility index (Phi) is 5.00. The minimum absolute atomic E-state index is 0.0342. The van der Waals surface area contributed by atoms with Gasteiger partial charge in [-0.3, -0.25) is 20.2 Å². The van der Waals surface area contributed by atoms with Crippen molar-refractivity contribution in [1.82, 2.24) is 4.98 Å². The lowest BCUT2D eigenvalue weighted by Gasteiger charge is -2.05. The lowest BCUT2D eigenvalue weighted by atomic mass is 10.2. The van der Waals surface area contributed by atoms with E-state index in [-0.39, 0.29) is 18.2 Å². The van der Waals surface area contributed by atoms with Crippen molar-refractivity contribution < 1.29 is 14.5 Å². The Labute approximate surface area is 147 Å². The zero-order chi connectivity index (χ0) is 17.6. The Morgan fingerprint density at radius 3 is 2.56 bits per heavy atom. The van der Waals surface area contributed by atoms with Crippen molar-refractivity contribution in [2.45, 2.75) is 0 Å². The second-order valence-electron chi connectivity index (χ2n) is 4.99. The molecule has 1 N–H and O–H groups in total. The number of hydrogen-bond donors (Lipinski definition) is 1. The van der Waals surface area contributed by atoms with Crippen molar-refractivity contribution in [2.24, 2.45) is 0 Å². The summed E-state index contributed by atoms with van der Waals surface area (Å²) in [5.74, 6) is 0.0252. The predicted octanol–water partition coefficient (Wildman–Crippen LogP) is 3.74. The molecule has 0 bridgehead atoms. The van der Waals surface area contributed by atoms with E-state index in [1.165, 1.54) is 35.6 Å². The molecule has 25 heavy (non-hydrogen) atoms. The van der Waals surface area contributed by atoms with Crippen molar-refractivity contribution in [1.29, 1.82) is 0 Å². The second-order valence-corrected chi connectivity index (χ2v) is 5.85. The van der Waals surface area contributed by atoms with E-state index in [4.69, 9.17) is 4.74 Å². The van der Waals surface area contributed by atoms with Crippen molar-refractivity contribution in [3.8, 4) is 17.0 Å². The molecule has 0 radical (unpaired) electrons. The van der Waals surface area contributed by atoms with E-state index in [2.05, 4.69) is 10.3 Å². The lowest BCUT2D eigenvalue weighted by Crippen LogP contribution is -2.20. The Balaban J connectivity index is 1.54. The molecule has 1 heterocycles. The number of nitrogens with zero attached hydrogens (tertiary/aromatic N) is 2. The summed E-state index contributed by atoms with van der Waals surface area (Å²) in [6.07, 6.45) is 0. The number of nitro benzene ring substituents is 1. The normalized spacial score (nSPS) is 10.2. The number of nitro groups is 1. The van der Waals surface area contributed by atoms with E-state index in [0.717, 1.165) is 11.3 Å². The van der Waals surface area contributed by atoms with Gasteiger partial charge in [-0.25, -0.2) is 4.98 Å². The van der Waals surface area contributed by atoms with Gasteiger partial charge in [0, 0.05) is 23.1 Å². The molecule has 0 spiro atoms. The first-order chi connectivity index (χ1) is 12.1. The van der Waals surface area contributed by atoms with Crippen LogP contribution in [0.5, 0.6) is 5.75 Å². The number of aromatic nitrogens is 1. The predicted molar refractivity (Wildman–Crippen MR) is 94.8 cm³/mol. The highest BCUT2D eigenvalue weighted by Crippen LogP contribution is 2.24. The van der Waals surface area contributed by atoms with E-state index in [1.807, 2.05) is 35.7 Å². The molecule has 3 rings (SSSR count). The van der Waals surface area contributed by atoms with Gasteiger partial charge in [-0.2, -0.15) is 0 Å². The standard InChI is InChI=1S/C17H13N3O4S/c21-16(10-24-14-8-6-13(7-9-14)20(22)23)19-17-18-15(11-25-17)12-4-2-1-3-5-12/h1-9,11H,10H2,(H,18,19,21). The van der Waals surface area contributed by atoms with Crippen LogP contribution in [0.3, 0.4) is 0 Å². The van der Waals surface area contributed by atoms with Crippen molar-refractivity contribution in [3.63, 3.8) is 0 Å². The molecule has 2 aromatic carbocycles. The monoisotopic (exact) mass is 355 g/mol. The minimum Gasteiger partial charge on any atom is -0.484 e. The largest absolute Gasteiger partial charge is 0.484 e. The van der Waals surface area contributed by atoms with Crippen molar-refractivity contribution >= 4 is 28.1 Å². The summed E-state index contributed by atoms with van der Waals surface area (Å²) in [5, 5.41) is 15.6. The summed E-state index contributed by atoms with van der Waals surface area (Å²) >= 11 is 1.33. The molecule has 1 amide bonds. The lowest BCUT2D eigenvalue weighted by molar-refractivity contribution is -0.384. The minimum atomic E-state index is -0.497. The summed E-state index contributed by atoms with van der Waals surface area (Å²) in [6, 6.07) is 15.2. The van der Waals surface area contributed by atoms with E-state index in [1.54, 1.807) is 0 Å². The summed E-state index contributed by atoms with van der Waals surface area (Å²) in [7, 11) is 0. The zero-order valence-electron chi connectivity index (χ0n) is 12.9. The zero-order valence-corrected chi connectivity index (χ0v) is 13.7. The average Bonchev–Trinajstić information content (AvgIpc) is 3.09. The third-order valence-electron chi connectivity index (χ3n) is 3.24. The molecule has 7 nitrogen and oxygen atoms in total. The van der Waals surface area contributed by atoms with Crippen molar-refractivity contribution in [3.05, 3.63) is 70.1 Å². The number of nitrogens with one attached hydrogen (secondary N) is 1. The highest BCUT2D eigenvalue weighted by molar-refractivity contribution is 7.14. The van der Waals surface area contributed by atoms with E-state index < -0.39 is 4.92 Å². The van der Waals surface area contributed by atoms with Gasteiger partial charge in [0.1, 0.15) is 5.75 Å². The molecule has 8 heteroatoms. The van der Waals surface area contributed by atoms with Crippen LogP contribution >= 0.6 is 11.3 Å². The smallest absolute Gasteiger partial charge is 0.269 e. The van der Waals surface area contributed by atoms with Crippen LogP contribution in [0.2, 0.25) is 0 Å². The van der Waals surface area contributed by atoms with Gasteiger partial charge in [-0.1, -0.05) is 30.3 Å². The number of non-ortho nitro benzene ring substituents is 1. The van der Waals surface area contributed by atoms with Gasteiger partial charge >= 0.3 is 0 Å². The van der Waals surface area contributed by atoms with Crippen LogP contribution in [0.4, 0.5) is 10.8 Å². The third kappa shape index (κ3) is 4.39. The van der Waals surface area contributed by atoms with Gasteiger partial charge in [0.05, 0.1) is 10.6 Å². The van der Waals surface area contributed by atoms with E-state index >= 15 is 0 Å². The van der Waals surface area contributed by atoms with Gasteiger partial charge in [-0.05, 0) is 12.1 Å². The maximum Gasteiger partial charge on any atom is 0.269 e. The Hall–Kier alpha value is -3.26. The average molecular weight is 355 g/mol. The fourth-order valence-electron chi connectivity index (χ4n) is 2.04. The summed E-state index contributed by atoms with van der Waals surface area (Å²) < 4.78 is 5.31. The summed E-state index contributed by atoms with van der Waals surface area (Å²) in [6.45, 7) is -0.210. The maximum absolute atomic E-state index is 11.9. The highest BCUT2D eigenvalue weighted by Gasteiger charge is 2.09. The topological polar surface area (TPSA) is 94.4 Å². The number of carbonyl (C=O) groups excluding carboxylic acids is 1. The molecule has 0 aliphatic rings. The molecule has 0 aliphatic heterocycles. The summed E-state index contributed by atoms with van der Waals surface area (Å²) in [5.41, 5.74) is 1.73. The first-order valence-electron chi connectivity index (χ1n) is 7.30. The number of thiazole rings is 1. The molecule has 0 aliphatic carbocycles. The van der Waals surface area contributed by atoms with Gasteiger partial charge in [0.25, 0.3) is 11.6 Å². The Morgan fingerprint density at radius 1 is 1.16 bits per heavy atom.